The fraction of sp³-hybridized carbons (Fsp3) is 0.400. The number of amidine groups is 1. The van der Waals surface area contributed by atoms with Gasteiger partial charge in [0.1, 0.15) is 17.1 Å². The molecule has 0 aromatic heterocycles. The fourth-order valence-corrected chi connectivity index (χ4v) is 3.70. The Balaban J connectivity index is 2.29. The van der Waals surface area contributed by atoms with E-state index in [0.29, 0.717) is 0 Å². The summed E-state index contributed by atoms with van der Waals surface area (Å²) in [5.41, 5.74) is 3.16. The monoisotopic (exact) mass is 300 g/mol. The van der Waals surface area contributed by atoms with Crippen molar-refractivity contribution in [3.05, 3.63) is 35.6 Å². The van der Waals surface area contributed by atoms with Crippen LogP contribution >= 0.6 is 0 Å². The maximum Gasteiger partial charge on any atom is 0.292 e. The number of methoxy groups -OCH3 is 2. The number of benzene rings is 1. The van der Waals surface area contributed by atoms with E-state index in [0.717, 1.165) is 0 Å². The van der Waals surface area contributed by atoms with Crippen LogP contribution in [0.25, 0.3) is 0 Å². The minimum Gasteiger partial charge on any atom is -0.386 e. The van der Waals surface area contributed by atoms with Crippen molar-refractivity contribution >= 4 is 5.84 Å². The minimum absolute atomic E-state index is 0.0755. The van der Waals surface area contributed by atoms with E-state index in [9.17, 15) is 14.9 Å². The first-order valence-electron chi connectivity index (χ1n) is 6.54. The SMILES string of the molecule is COC1(OC)N=C(N)[C@@]2(C#N)[C@@H](c3ccccc3F)[C@@]12C#N. The third kappa shape index (κ3) is 1.19. The standard InChI is InChI=1S/C15H13FN4O2/c1-21-15(22-2)14(8-18)11(9-5-3-4-6-10(9)16)13(14,7-17)12(19)20-15/h3-6,11H,1-2H3,(H2,19,20)/t11-,13-,14-/m1/s1. The van der Waals surface area contributed by atoms with Crippen molar-refractivity contribution in [1.82, 2.24) is 0 Å². The van der Waals surface area contributed by atoms with Crippen LogP contribution in [0.4, 0.5) is 4.39 Å². The molecule has 1 aliphatic carbocycles. The number of halogens is 1. The van der Waals surface area contributed by atoms with Gasteiger partial charge in [-0.05, 0) is 11.6 Å². The lowest BCUT2D eigenvalue weighted by Gasteiger charge is -2.29. The molecule has 0 radical (unpaired) electrons. The molecule has 0 bridgehead atoms. The molecule has 1 fully saturated rings. The van der Waals surface area contributed by atoms with Crippen molar-refractivity contribution in [2.75, 3.05) is 14.2 Å². The zero-order chi connectivity index (χ0) is 16.2. The van der Waals surface area contributed by atoms with Crippen LogP contribution < -0.4 is 5.73 Å². The van der Waals surface area contributed by atoms with Gasteiger partial charge < -0.3 is 15.2 Å². The number of ether oxygens (including phenoxy) is 2. The largest absolute Gasteiger partial charge is 0.386 e. The number of nitrogens with two attached hydrogens (primary N) is 1. The molecular weight excluding hydrogens is 287 g/mol. The summed E-state index contributed by atoms with van der Waals surface area (Å²) in [6.45, 7) is 0. The van der Waals surface area contributed by atoms with E-state index in [2.05, 4.69) is 17.1 Å². The van der Waals surface area contributed by atoms with Gasteiger partial charge in [0.25, 0.3) is 5.91 Å². The zero-order valence-corrected chi connectivity index (χ0v) is 12.0. The molecule has 1 aromatic rings. The Bertz CT molecular complexity index is 762. The summed E-state index contributed by atoms with van der Waals surface area (Å²) in [6, 6.07) is 10.1. The van der Waals surface area contributed by atoms with E-state index < -0.39 is 28.5 Å². The highest BCUT2D eigenvalue weighted by molar-refractivity contribution is 6.00. The topological polar surface area (TPSA) is 104 Å². The smallest absolute Gasteiger partial charge is 0.292 e. The number of aliphatic imine (C=N–C) groups is 1. The lowest BCUT2D eigenvalue weighted by molar-refractivity contribution is -0.230. The third-order valence-electron chi connectivity index (χ3n) is 4.70. The lowest BCUT2D eigenvalue weighted by Crippen LogP contribution is -2.41. The first-order valence-corrected chi connectivity index (χ1v) is 6.54. The summed E-state index contributed by atoms with van der Waals surface area (Å²) in [5.74, 6) is -3.13. The Morgan fingerprint density at radius 3 is 2.36 bits per heavy atom. The maximum absolute atomic E-state index is 14.2. The number of nitrogens with zero attached hydrogens (tertiary/aromatic N) is 3. The van der Waals surface area contributed by atoms with Gasteiger partial charge in [0.15, 0.2) is 5.41 Å². The van der Waals surface area contributed by atoms with Crippen molar-refractivity contribution in [1.29, 1.82) is 10.5 Å². The summed E-state index contributed by atoms with van der Waals surface area (Å²) < 4.78 is 24.8. The summed E-state index contributed by atoms with van der Waals surface area (Å²) >= 11 is 0. The van der Waals surface area contributed by atoms with Crippen LogP contribution in [0.3, 0.4) is 0 Å². The first-order chi connectivity index (χ1) is 10.5. The number of rotatable bonds is 3. The van der Waals surface area contributed by atoms with Crippen LogP contribution in [0.15, 0.2) is 29.3 Å². The normalized spacial score (nSPS) is 34.2. The molecule has 1 saturated carbocycles. The molecule has 0 unspecified atom stereocenters. The van der Waals surface area contributed by atoms with Gasteiger partial charge in [-0.1, -0.05) is 18.2 Å². The molecule has 1 aromatic carbocycles. The van der Waals surface area contributed by atoms with Crippen molar-refractivity contribution in [2.24, 2.45) is 21.6 Å². The molecule has 1 aliphatic heterocycles. The quantitative estimate of drug-likeness (QED) is 0.846. The molecule has 7 heteroatoms. The average Bonchev–Trinajstić information content (AvgIpc) is 3.10. The molecule has 2 aliphatic rings. The van der Waals surface area contributed by atoms with Crippen LogP contribution in [0, 0.1) is 39.3 Å². The second-order valence-corrected chi connectivity index (χ2v) is 5.28. The summed E-state index contributed by atoms with van der Waals surface area (Å²) in [6.07, 6.45) is 0. The average molecular weight is 300 g/mol. The van der Waals surface area contributed by atoms with Gasteiger partial charge in [-0.15, -0.1) is 0 Å². The van der Waals surface area contributed by atoms with Gasteiger partial charge >= 0.3 is 0 Å². The predicted octanol–water partition coefficient (Wildman–Crippen LogP) is 1.26. The van der Waals surface area contributed by atoms with E-state index in [-0.39, 0.29) is 11.4 Å². The van der Waals surface area contributed by atoms with Crippen LogP contribution in [-0.4, -0.2) is 26.0 Å². The number of nitriles is 2. The molecule has 0 saturated heterocycles. The molecule has 1 heterocycles. The van der Waals surface area contributed by atoms with Crippen LogP contribution in [-0.2, 0) is 9.47 Å². The third-order valence-corrected chi connectivity index (χ3v) is 4.70. The molecular formula is C15H13FN4O2. The predicted molar refractivity (Wildman–Crippen MR) is 73.6 cm³/mol. The van der Waals surface area contributed by atoms with E-state index in [1.165, 1.54) is 32.4 Å². The highest BCUT2D eigenvalue weighted by Crippen LogP contribution is 2.81. The molecule has 2 N–H and O–H groups in total. The molecule has 0 amide bonds. The maximum atomic E-state index is 14.2. The van der Waals surface area contributed by atoms with Crippen LogP contribution in [0.5, 0.6) is 0 Å². The zero-order valence-electron chi connectivity index (χ0n) is 12.0. The van der Waals surface area contributed by atoms with Crippen LogP contribution in [0.1, 0.15) is 11.5 Å². The summed E-state index contributed by atoms with van der Waals surface area (Å²) in [4.78, 5) is 4.06. The second-order valence-electron chi connectivity index (χ2n) is 5.28. The van der Waals surface area contributed by atoms with Gasteiger partial charge in [-0.2, -0.15) is 10.5 Å². The molecule has 22 heavy (non-hydrogen) atoms. The molecule has 112 valence electrons. The van der Waals surface area contributed by atoms with Gasteiger partial charge in [-0.3, -0.25) is 0 Å². The Kier molecular flexibility index (Phi) is 2.80. The first kappa shape index (κ1) is 14.5. The van der Waals surface area contributed by atoms with E-state index in [1.54, 1.807) is 6.07 Å². The van der Waals surface area contributed by atoms with E-state index >= 15 is 0 Å². The molecule has 3 atom stereocenters. The molecule has 6 nitrogen and oxygen atoms in total. The Hall–Kier alpha value is -2.48. The van der Waals surface area contributed by atoms with Crippen LogP contribution in [0.2, 0.25) is 0 Å². The van der Waals surface area contributed by atoms with Crippen molar-refractivity contribution in [3.8, 4) is 12.1 Å². The van der Waals surface area contributed by atoms with Gasteiger partial charge in [-0.25, -0.2) is 9.38 Å². The fourth-order valence-electron chi connectivity index (χ4n) is 3.70. The summed E-state index contributed by atoms with van der Waals surface area (Å²) in [7, 11) is 2.62. The second kappa shape index (κ2) is 4.26. The Labute approximate surface area is 126 Å². The molecule has 0 spiro atoms. The Morgan fingerprint density at radius 1 is 1.23 bits per heavy atom. The summed E-state index contributed by atoms with van der Waals surface area (Å²) in [5, 5.41) is 19.5. The number of fused-ring (bicyclic) bond motifs is 1. The van der Waals surface area contributed by atoms with Gasteiger partial charge in [0.2, 0.25) is 0 Å². The van der Waals surface area contributed by atoms with E-state index in [4.69, 9.17) is 15.2 Å². The minimum atomic E-state index is -1.73. The van der Waals surface area contributed by atoms with Gasteiger partial charge in [0, 0.05) is 20.1 Å². The highest BCUT2D eigenvalue weighted by atomic mass is 19.1. The number of hydrogen-bond donors (Lipinski definition) is 1. The van der Waals surface area contributed by atoms with Crippen molar-refractivity contribution < 1.29 is 13.9 Å². The molecule has 3 rings (SSSR count). The number of hydrogen-bond acceptors (Lipinski definition) is 6. The van der Waals surface area contributed by atoms with Crippen molar-refractivity contribution in [2.45, 2.75) is 11.8 Å². The Morgan fingerprint density at radius 2 is 1.86 bits per heavy atom. The van der Waals surface area contributed by atoms with Gasteiger partial charge in [0.05, 0.1) is 12.1 Å². The van der Waals surface area contributed by atoms with Crippen molar-refractivity contribution in [3.63, 3.8) is 0 Å². The van der Waals surface area contributed by atoms with E-state index in [1.807, 2.05) is 0 Å². The lowest BCUT2D eigenvalue weighted by atomic mass is 9.93. The highest BCUT2D eigenvalue weighted by Gasteiger charge is 2.93.